The Balaban J connectivity index is 1.59. The van der Waals surface area contributed by atoms with Crippen molar-refractivity contribution in [3.05, 3.63) is 60.0 Å². The molecule has 0 fully saturated rings. The highest BCUT2D eigenvalue weighted by molar-refractivity contribution is 5.93. The molecule has 0 radical (unpaired) electrons. The number of ether oxygens (including phenoxy) is 2. The third-order valence-corrected chi connectivity index (χ3v) is 5.55. The van der Waals surface area contributed by atoms with Crippen molar-refractivity contribution in [1.82, 2.24) is 25.1 Å². The highest BCUT2D eigenvalue weighted by Gasteiger charge is 2.25. The van der Waals surface area contributed by atoms with Crippen LogP contribution in [0.5, 0.6) is 11.5 Å². The van der Waals surface area contributed by atoms with Crippen molar-refractivity contribution in [2.24, 2.45) is 13.0 Å². The van der Waals surface area contributed by atoms with E-state index >= 15 is 0 Å². The molecule has 4 rings (SSSR count). The summed E-state index contributed by atoms with van der Waals surface area (Å²) in [4.78, 5) is 17.8. The SMILES string of the molecule is COc1ccc(-c2cc(C(=O)N[C@H](c3nc4ccccc4n3C)C(C)C)[nH]n2)cc1OC. The molecule has 4 aromatic rings. The minimum absolute atomic E-state index is 0.141. The molecule has 8 heteroatoms. The molecule has 0 aliphatic rings. The average molecular weight is 434 g/mol. The molecule has 166 valence electrons. The number of hydrogen-bond acceptors (Lipinski definition) is 5. The van der Waals surface area contributed by atoms with Gasteiger partial charge in [0.05, 0.1) is 37.0 Å². The highest BCUT2D eigenvalue weighted by Crippen LogP contribution is 2.32. The third-order valence-electron chi connectivity index (χ3n) is 5.55. The van der Waals surface area contributed by atoms with E-state index in [0.717, 1.165) is 22.4 Å². The molecule has 8 nitrogen and oxygen atoms in total. The summed E-state index contributed by atoms with van der Waals surface area (Å²) in [5.41, 5.74) is 3.76. The van der Waals surface area contributed by atoms with Gasteiger partial charge in [-0.1, -0.05) is 26.0 Å². The van der Waals surface area contributed by atoms with Gasteiger partial charge in [-0.25, -0.2) is 4.98 Å². The van der Waals surface area contributed by atoms with E-state index in [0.29, 0.717) is 22.9 Å². The Bertz CT molecular complexity index is 1260. The summed E-state index contributed by atoms with van der Waals surface area (Å²) in [7, 11) is 5.14. The molecule has 0 aliphatic carbocycles. The number of rotatable bonds is 7. The van der Waals surface area contributed by atoms with E-state index in [2.05, 4.69) is 29.4 Å². The number of aromatic nitrogens is 4. The highest BCUT2D eigenvalue weighted by atomic mass is 16.5. The van der Waals surface area contributed by atoms with E-state index < -0.39 is 0 Å². The van der Waals surface area contributed by atoms with Crippen LogP contribution in [0.4, 0.5) is 0 Å². The minimum Gasteiger partial charge on any atom is -0.493 e. The largest absolute Gasteiger partial charge is 0.493 e. The first kappa shape index (κ1) is 21.4. The summed E-state index contributed by atoms with van der Waals surface area (Å²) in [6.07, 6.45) is 0. The normalized spacial score (nSPS) is 12.2. The molecule has 32 heavy (non-hydrogen) atoms. The van der Waals surface area contributed by atoms with E-state index in [1.165, 1.54) is 0 Å². The van der Waals surface area contributed by atoms with Crippen molar-refractivity contribution in [1.29, 1.82) is 0 Å². The summed E-state index contributed by atoms with van der Waals surface area (Å²) in [5, 5.41) is 10.3. The van der Waals surface area contributed by atoms with Crippen LogP contribution in [0.2, 0.25) is 0 Å². The van der Waals surface area contributed by atoms with Crippen LogP contribution in [-0.2, 0) is 7.05 Å². The van der Waals surface area contributed by atoms with E-state index in [1.54, 1.807) is 20.3 Å². The van der Waals surface area contributed by atoms with Crippen LogP contribution < -0.4 is 14.8 Å². The van der Waals surface area contributed by atoms with E-state index in [4.69, 9.17) is 14.5 Å². The summed E-state index contributed by atoms with van der Waals surface area (Å²) < 4.78 is 12.7. The molecule has 1 atom stereocenters. The molecule has 2 aromatic heterocycles. The van der Waals surface area contributed by atoms with Gasteiger partial charge in [0, 0.05) is 12.6 Å². The van der Waals surface area contributed by atoms with Crippen molar-refractivity contribution in [3.8, 4) is 22.8 Å². The van der Waals surface area contributed by atoms with Crippen LogP contribution >= 0.6 is 0 Å². The topological polar surface area (TPSA) is 94.1 Å². The fourth-order valence-electron chi connectivity index (χ4n) is 3.77. The lowest BCUT2D eigenvalue weighted by molar-refractivity contribution is 0.0917. The number of aryl methyl sites for hydroxylation is 1. The number of carbonyl (C=O) groups is 1. The first-order valence-electron chi connectivity index (χ1n) is 10.4. The summed E-state index contributed by atoms with van der Waals surface area (Å²) in [6, 6.07) is 14.9. The monoisotopic (exact) mass is 433 g/mol. The Kier molecular flexibility index (Phi) is 5.85. The van der Waals surface area contributed by atoms with Crippen LogP contribution in [0.1, 0.15) is 36.2 Å². The molecule has 0 bridgehead atoms. The first-order valence-corrected chi connectivity index (χ1v) is 10.4. The van der Waals surface area contributed by atoms with Crippen LogP contribution in [-0.4, -0.2) is 39.9 Å². The van der Waals surface area contributed by atoms with E-state index in [9.17, 15) is 4.79 Å². The number of nitrogens with zero attached hydrogens (tertiary/aromatic N) is 3. The number of methoxy groups -OCH3 is 2. The number of nitrogens with one attached hydrogen (secondary N) is 2. The molecule has 2 heterocycles. The Hall–Kier alpha value is -3.81. The van der Waals surface area contributed by atoms with Crippen molar-refractivity contribution >= 4 is 16.9 Å². The number of para-hydroxylation sites is 2. The second-order valence-electron chi connectivity index (χ2n) is 7.95. The van der Waals surface area contributed by atoms with E-state index in [1.807, 2.05) is 54.1 Å². The van der Waals surface area contributed by atoms with Gasteiger partial charge in [-0.2, -0.15) is 5.10 Å². The molecular weight excluding hydrogens is 406 g/mol. The zero-order valence-electron chi connectivity index (χ0n) is 18.8. The molecule has 0 spiro atoms. The summed E-state index contributed by atoms with van der Waals surface area (Å²) in [6.45, 7) is 4.12. The number of carbonyl (C=O) groups excluding carboxylic acids is 1. The maximum Gasteiger partial charge on any atom is 0.269 e. The molecular formula is C24H27N5O3. The maximum atomic E-state index is 13.1. The Labute approximate surface area is 186 Å². The molecule has 2 aromatic carbocycles. The number of imidazole rings is 1. The fraction of sp³-hybridized carbons (Fsp3) is 0.292. The second kappa shape index (κ2) is 8.74. The van der Waals surface area contributed by atoms with Gasteiger partial charge in [0.1, 0.15) is 11.5 Å². The number of amides is 1. The van der Waals surface area contributed by atoms with Gasteiger partial charge in [0.25, 0.3) is 5.91 Å². The fourth-order valence-corrected chi connectivity index (χ4v) is 3.77. The smallest absolute Gasteiger partial charge is 0.269 e. The molecule has 0 unspecified atom stereocenters. The predicted molar refractivity (Wildman–Crippen MR) is 123 cm³/mol. The molecule has 0 saturated heterocycles. The predicted octanol–water partition coefficient (Wildman–Crippen LogP) is 4.11. The Morgan fingerprint density at radius 2 is 1.81 bits per heavy atom. The summed E-state index contributed by atoms with van der Waals surface area (Å²) >= 11 is 0. The van der Waals surface area contributed by atoms with Crippen LogP contribution in [0, 0.1) is 5.92 Å². The lowest BCUT2D eigenvalue weighted by Crippen LogP contribution is -2.33. The van der Waals surface area contributed by atoms with Gasteiger partial charge < -0.3 is 19.4 Å². The zero-order valence-corrected chi connectivity index (χ0v) is 18.8. The average Bonchev–Trinajstić information content (AvgIpc) is 3.42. The zero-order chi connectivity index (χ0) is 22.8. The van der Waals surface area contributed by atoms with Crippen LogP contribution in [0.15, 0.2) is 48.5 Å². The number of H-pyrrole nitrogens is 1. The lowest BCUT2D eigenvalue weighted by Gasteiger charge is -2.21. The van der Waals surface area contributed by atoms with Gasteiger partial charge in [-0.3, -0.25) is 9.89 Å². The van der Waals surface area contributed by atoms with Crippen LogP contribution in [0.3, 0.4) is 0 Å². The second-order valence-corrected chi connectivity index (χ2v) is 7.95. The van der Waals surface area contributed by atoms with Crippen molar-refractivity contribution < 1.29 is 14.3 Å². The molecule has 2 N–H and O–H groups in total. The third kappa shape index (κ3) is 3.91. The number of benzene rings is 2. The Morgan fingerprint density at radius 3 is 2.50 bits per heavy atom. The van der Waals surface area contributed by atoms with Gasteiger partial charge in [0.2, 0.25) is 0 Å². The summed E-state index contributed by atoms with van der Waals surface area (Å²) in [5.74, 6) is 1.94. The first-order chi connectivity index (χ1) is 15.4. The quantitative estimate of drug-likeness (QED) is 0.457. The number of aromatic amines is 1. The minimum atomic E-state index is -0.257. The molecule has 1 amide bonds. The van der Waals surface area contributed by atoms with Gasteiger partial charge in [-0.05, 0) is 42.3 Å². The molecule has 0 aliphatic heterocycles. The van der Waals surface area contributed by atoms with Crippen LogP contribution in [0.25, 0.3) is 22.3 Å². The van der Waals surface area contributed by atoms with Gasteiger partial charge in [-0.15, -0.1) is 0 Å². The standard InChI is InChI=1S/C24H27N5O3/c1-14(2)22(23-25-16-8-6-7-9-19(16)29(23)3)26-24(30)18-13-17(27-28-18)15-10-11-20(31-4)21(12-15)32-5/h6-14,22H,1-5H3,(H,26,30)(H,27,28)/t22-/m0/s1. The lowest BCUT2D eigenvalue weighted by atomic mass is 10.0. The number of hydrogen-bond donors (Lipinski definition) is 2. The van der Waals surface area contributed by atoms with Gasteiger partial charge in [0.15, 0.2) is 11.5 Å². The Morgan fingerprint density at radius 1 is 1.06 bits per heavy atom. The van der Waals surface area contributed by atoms with Crippen molar-refractivity contribution in [3.63, 3.8) is 0 Å². The van der Waals surface area contributed by atoms with E-state index in [-0.39, 0.29) is 17.9 Å². The van der Waals surface area contributed by atoms with Crippen molar-refractivity contribution in [2.75, 3.05) is 14.2 Å². The van der Waals surface area contributed by atoms with Crippen molar-refractivity contribution in [2.45, 2.75) is 19.9 Å². The van der Waals surface area contributed by atoms with Gasteiger partial charge >= 0.3 is 0 Å². The molecule has 0 saturated carbocycles. The maximum absolute atomic E-state index is 13.1. The number of fused-ring (bicyclic) bond motifs is 1.